The topological polar surface area (TPSA) is 77.9 Å². The zero-order valence-electron chi connectivity index (χ0n) is 18.4. The number of carbonyl (C=O) groups is 1. The second-order valence-electron chi connectivity index (χ2n) is 7.68. The zero-order chi connectivity index (χ0) is 22.4. The minimum atomic E-state index is -0.988. The van der Waals surface area contributed by atoms with Crippen molar-refractivity contribution in [1.82, 2.24) is 4.98 Å². The van der Waals surface area contributed by atoms with Gasteiger partial charge in [-0.3, -0.25) is 4.98 Å². The lowest BCUT2D eigenvalue weighted by Crippen LogP contribution is -2.26. The summed E-state index contributed by atoms with van der Waals surface area (Å²) in [6.45, 7) is 8.38. The molecule has 1 atom stereocenters. The van der Waals surface area contributed by atoms with E-state index in [1.54, 1.807) is 13.1 Å². The number of carboxylic acid groups (broad SMARTS) is 1. The van der Waals surface area contributed by atoms with Gasteiger partial charge in [-0.15, -0.1) is 0 Å². The Balaban J connectivity index is 1.88. The number of ether oxygens (including phenoxy) is 3. The lowest BCUT2D eigenvalue weighted by molar-refractivity contribution is -0.149. The molecule has 0 spiro atoms. The highest BCUT2D eigenvalue weighted by Crippen LogP contribution is 2.31. The highest BCUT2D eigenvalue weighted by Gasteiger charge is 2.20. The maximum absolute atomic E-state index is 11.5. The molecule has 0 aliphatic heterocycles. The second kappa shape index (κ2) is 10.3. The predicted molar refractivity (Wildman–Crippen MR) is 120 cm³/mol. The second-order valence-corrected chi connectivity index (χ2v) is 7.68. The molecule has 0 saturated heterocycles. The van der Waals surface area contributed by atoms with Crippen LogP contribution >= 0.6 is 0 Å². The van der Waals surface area contributed by atoms with E-state index in [0.29, 0.717) is 12.4 Å². The maximum atomic E-state index is 11.5. The fourth-order valence-corrected chi connectivity index (χ4v) is 3.39. The summed E-state index contributed by atoms with van der Waals surface area (Å²) >= 11 is 0. The summed E-state index contributed by atoms with van der Waals surface area (Å²) in [5.74, 6) is 0.394. The van der Waals surface area contributed by atoms with Crippen LogP contribution in [-0.2, 0) is 22.6 Å². The van der Waals surface area contributed by atoms with Gasteiger partial charge in [0.25, 0.3) is 0 Å². The van der Waals surface area contributed by atoms with Crippen LogP contribution in [0.25, 0.3) is 10.9 Å². The van der Waals surface area contributed by atoms with Crippen LogP contribution in [0.4, 0.5) is 0 Å². The number of aryl methyl sites for hydroxylation is 1. The Morgan fingerprint density at radius 3 is 2.61 bits per heavy atom. The van der Waals surface area contributed by atoms with E-state index in [1.807, 2.05) is 57.2 Å². The van der Waals surface area contributed by atoms with Crippen molar-refractivity contribution in [2.45, 2.75) is 52.9 Å². The van der Waals surface area contributed by atoms with Gasteiger partial charge in [0.2, 0.25) is 0 Å². The number of hydrogen-bond acceptors (Lipinski definition) is 5. The largest absolute Gasteiger partial charge is 0.490 e. The molecule has 2 aromatic carbocycles. The number of nitrogens with zero attached hydrogens (tertiary/aromatic N) is 1. The molecular weight excluding hydrogens is 394 g/mol. The Kier molecular flexibility index (Phi) is 7.47. The maximum Gasteiger partial charge on any atom is 0.333 e. The smallest absolute Gasteiger partial charge is 0.333 e. The number of aliphatic carboxylic acids is 1. The van der Waals surface area contributed by atoms with Gasteiger partial charge in [-0.05, 0) is 51.5 Å². The summed E-state index contributed by atoms with van der Waals surface area (Å²) in [6, 6.07) is 13.5. The van der Waals surface area contributed by atoms with Crippen LogP contribution in [0.5, 0.6) is 11.5 Å². The average molecular weight is 424 g/mol. The molecule has 6 nitrogen and oxygen atoms in total. The number of hydrogen-bond donors (Lipinski definition) is 1. The van der Waals surface area contributed by atoms with E-state index < -0.39 is 12.1 Å². The van der Waals surface area contributed by atoms with E-state index in [9.17, 15) is 9.90 Å². The average Bonchev–Trinajstić information content (AvgIpc) is 2.73. The van der Waals surface area contributed by atoms with E-state index in [4.69, 9.17) is 14.2 Å². The molecule has 1 unspecified atom stereocenters. The molecule has 164 valence electrons. The summed E-state index contributed by atoms with van der Waals surface area (Å²) in [5.41, 5.74) is 3.61. The molecule has 0 aliphatic carbocycles. The SMILES string of the molecule is CCOC(Cc1ccccc1OCc1cnc2ccc(C)cc2c1OC(C)C)C(=O)O. The Bertz CT molecular complexity index is 1050. The van der Waals surface area contributed by atoms with Crippen molar-refractivity contribution in [2.24, 2.45) is 0 Å². The van der Waals surface area contributed by atoms with Gasteiger partial charge in [0.15, 0.2) is 6.10 Å². The number of para-hydroxylation sites is 1. The molecular formula is C25H29NO5. The fourth-order valence-electron chi connectivity index (χ4n) is 3.39. The van der Waals surface area contributed by atoms with Crippen molar-refractivity contribution in [2.75, 3.05) is 6.61 Å². The van der Waals surface area contributed by atoms with E-state index in [1.165, 1.54) is 0 Å². The first-order valence-corrected chi connectivity index (χ1v) is 10.5. The molecule has 3 rings (SSSR count). The highest BCUT2D eigenvalue weighted by atomic mass is 16.5. The third kappa shape index (κ3) is 5.73. The molecule has 3 aromatic rings. The molecule has 1 heterocycles. The van der Waals surface area contributed by atoms with Gasteiger partial charge in [0.1, 0.15) is 18.1 Å². The van der Waals surface area contributed by atoms with Gasteiger partial charge >= 0.3 is 5.97 Å². The molecule has 6 heteroatoms. The van der Waals surface area contributed by atoms with Gasteiger partial charge in [-0.2, -0.15) is 0 Å². The lowest BCUT2D eigenvalue weighted by atomic mass is 10.1. The molecule has 0 amide bonds. The van der Waals surface area contributed by atoms with Crippen molar-refractivity contribution in [3.63, 3.8) is 0 Å². The van der Waals surface area contributed by atoms with Gasteiger partial charge in [-0.25, -0.2) is 4.79 Å². The highest BCUT2D eigenvalue weighted by molar-refractivity contribution is 5.86. The Morgan fingerprint density at radius 1 is 1.13 bits per heavy atom. The number of fused-ring (bicyclic) bond motifs is 1. The standard InChI is InChI=1S/C25H29NO5/c1-5-29-23(25(27)28)13-18-8-6-7-9-22(18)30-15-19-14-26-21-11-10-17(4)12-20(21)24(19)31-16(2)3/h6-12,14,16,23H,5,13,15H2,1-4H3,(H,27,28). The molecule has 31 heavy (non-hydrogen) atoms. The summed E-state index contributed by atoms with van der Waals surface area (Å²) < 4.78 is 17.6. The minimum absolute atomic E-state index is 0.000309. The number of rotatable bonds is 10. The molecule has 1 N–H and O–H groups in total. The van der Waals surface area contributed by atoms with Crippen molar-refractivity contribution in [1.29, 1.82) is 0 Å². The Hall–Kier alpha value is -3.12. The zero-order valence-corrected chi connectivity index (χ0v) is 18.4. The third-order valence-corrected chi connectivity index (χ3v) is 4.81. The van der Waals surface area contributed by atoms with Crippen LogP contribution in [0.1, 0.15) is 37.5 Å². The van der Waals surface area contributed by atoms with Crippen molar-refractivity contribution >= 4 is 16.9 Å². The first kappa shape index (κ1) is 22.6. The van der Waals surface area contributed by atoms with E-state index in [2.05, 4.69) is 11.1 Å². The lowest BCUT2D eigenvalue weighted by Gasteiger charge is -2.19. The molecule has 0 fully saturated rings. The van der Waals surface area contributed by atoms with Gasteiger partial charge < -0.3 is 19.3 Å². The number of benzene rings is 2. The van der Waals surface area contributed by atoms with E-state index >= 15 is 0 Å². The Morgan fingerprint density at radius 2 is 1.90 bits per heavy atom. The quantitative estimate of drug-likeness (QED) is 0.498. The third-order valence-electron chi connectivity index (χ3n) is 4.81. The number of pyridine rings is 1. The van der Waals surface area contributed by atoms with E-state index in [-0.39, 0.29) is 19.1 Å². The molecule has 0 saturated carbocycles. The number of aromatic nitrogens is 1. The van der Waals surface area contributed by atoms with Crippen LogP contribution in [0.15, 0.2) is 48.7 Å². The number of carboxylic acids is 1. The first-order chi connectivity index (χ1) is 14.9. The van der Waals surface area contributed by atoms with Crippen molar-refractivity contribution in [3.8, 4) is 11.5 Å². The monoisotopic (exact) mass is 423 g/mol. The molecule has 0 bridgehead atoms. The summed E-state index contributed by atoms with van der Waals surface area (Å²) in [7, 11) is 0. The van der Waals surface area contributed by atoms with E-state index in [0.717, 1.165) is 33.3 Å². The summed E-state index contributed by atoms with van der Waals surface area (Å²) in [5, 5.41) is 10.4. The van der Waals surface area contributed by atoms with Crippen LogP contribution in [0.2, 0.25) is 0 Å². The van der Waals surface area contributed by atoms with Gasteiger partial charge in [0.05, 0.1) is 17.2 Å². The fraction of sp³-hybridized carbons (Fsp3) is 0.360. The molecule has 1 aromatic heterocycles. The van der Waals surface area contributed by atoms with Crippen molar-refractivity contribution in [3.05, 3.63) is 65.4 Å². The molecule has 0 aliphatic rings. The van der Waals surface area contributed by atoms with Crippen LogP contribution in [0.3, 0.4) is 0 Å². The molecule has 0 radical (unpaired) electrons. The van der Waals surface area contributed by atoms with Crippen LogP contribution in [0, 0.1) is 6.92 Å². The normalized spacial score (nSPS) is 12.2. The van der Waals surface area contributed by atoms with Gasteiger partial charge in [0, 0.05) is 24.6 Å². The van der Waals surface area contributed by atoms with Crippen LogP contribution in [-0.4, -0.2) is 34.9 Å². The first-order valence-electron chi connectivity index (χ1n) is 10.5. The van der Waals surface area contributed by atoms with Crippen LogP contribution < -0.4 is 9.47 Å². The van der Waals surface area contributed by atoms with Gasteiger partial charge in [-0.1, -0.05) is 29.8 Å². The minimum Gasteiger partial charge on any atom is -0.490 e. The predicted octanol–water partition coefficient (Wildman–Crippen LogP) is 4.94. The summed E-state index contributed by atoms with van der Waals surface area (Å²) in [4.78, 5) is 16.1. The Labute approximate surface area is 182 Å². The van der Waals surface area contributed by atoms with Crippen molar-refractivity contribution < 1.29 is 24.1 Å². The summed E-state index contributed by atoms with van der Waals surface area (Å²) in [6.07, 6.45) is 1.09.